The fraction of sp³-hybridized carbons (Fsp3) is 0.600. The van der Waals surface area contributed by atoms with Crippen molar-refractivity contribution in [3.63, 3.8) is 0 Å². The van der Waals surface area contributed by atoms with Crippen LogP contribution in [-0.4, -0.2) is 31.3 Å². The van der Waals surface area contributed by atoms with Gasteiger partial charge in [0.15, 0.2) is 5.75 Å². The van der Waals surface area contributed by atoms with E-state index in [0.717, 1.165) is 38.3 Å². The molecule has 21 heavy (non-hydrogen) atoms. The van der Waals surface area contributed by atoms with E-state index < -0.39 is 4.92 Å². The molecule has 1 aliphatic rings. The van der Waals surface area contributed by atoms with Crippen molar-refractivity contribution in [2.24, 2.45) is 5.41 Å². The zero-order valence-electron chi connectivity index (χ0n) is 12.6. The monoisotopic (exact) mass is 294 g/mol. The number of anilines is 1. The van der Waals surface area contributed by atoms with E-state index in [4.69, 9.17) is 9.47 Å². The highest BCUT2D eigenvalue weighted by molar-refractivity contribution is 5.58. The maximum atomic E-state index is 11.0. The van der Waals surface area contributed by atoms with Crippen molar-refractivity contribution in [1.29, 1.82) is 0 Å². The molecule has 1 aromatic rings. The fourth-order valence-corrected chi connectivity index (χ4v) is 2.40. The zero-order chi connectivity index (χ0) is 15.3. The van der Waals surface area contributed by atoms with Crippen LogP contribution < -0.4 is 10.1 Å². The van der Waals surface area contributed by atoms with Crippen LogP contribution in [0.25, 0.3) is 0 Å². The average Bonchev–Trinajstić information content (AvgIpc) is 2.46. The molecule has 0 saturated carbocycles. The van der Waals surface area contributed by atoms with Gasteiger partial charge in [-0.15, -0.1) is 0 Å². The quantitative estimate of drug-likeness (QED) is 0.644. The second-order valence-electron chi connectivity index (χ2n) is 5.65. The Balaban J connectivity index is 2.06. The highest BCUT2D eigenvalue weighted by Gasteiger charge is 2.27. The standard InChI is InChI=1S/C15H22N2O4/c1-3-21-14-10-12(4-5-13(14)17(18)19)16-11-15(2)6-8-20-9-7-15/h4-5,10,16H,3,6-9,11H2,1-2H3. The Morgan fingerprint density at radius 2 is 2.14 bits per heavy atom. The first-order chi connectivity index (χ1) is 10.0. The highest BCUT2D eigenvalue weighted by atomic mass is 16.6. The molecule has 0 bridgehead atoms. The molecule has 1 heterocycles. The summed E-state index contributed by atoms with van der Waals surface area (Å²) in [5.74, 6) is 0.310. The lowest BCUT2D eigenvalue weighted by Crippen LogP contribution is -2.33. The van der Waals surface area contributed by atoms with Crippen LogP contribution in [0.15, 0.2) is 18.2 Å². The number of nitro groups is 1. The van der Waals surface area contributed by atoms with Crippen LogP contribution in [0, 0.1) is 15.5 Å². The van der Waals surface area contributed by atoms with Crippen LogP contribution in [0.1, 0.15) is 26.7 Å². The minimum atomic E-state index is -0.422. The fourth-order valence-electron chi connectivity index (χ4n) is 2.40. The van der Waals surface area contributed by atoms with Crippen molar-refractivity contribution in [3.8, 4) is 5.75 Å². The van der Waals surface area contributed by atoms with E-state index in [-0.39, 0.29) is 11.1 Å². The minimum absolute atomic E-state index is 0.000298. The zero-order valence-corrected chi connectivity index (χ0v) is 12.6. The lowest BCUT2D eigenvalue weighted by molar-refractivity contribution is -0.385. The summed E-state index contributed by atoms with van der Waals surface area (Å²) < 4.78 is 10.7. The van der Waals surface area contributed by atoms with Crippen LogP contribution >= 0.6 is 0 Å². The van der Waals surface area contributed by atoms with Gasteiger partial charge in [-0.25, -0.2) is 0 Å². The van der Waals surface area contributed by atoms with Gasteiger partial charge in [0.2, 0.25) is 0 Å². The van der Waals surface area contributed by atoms with Gasteiger partial charge >= 0.3 is 5.69 Å². The number of rotatable bonds is 6. The van der Waals surface area contributed by atoms with E-state index in [0.29, 0.717) is 12.4 Å². The van der Waals surface area contributed by atoms with E-state index in [2.05, 4.69) is 12.2 Å². The summed E-state index contributed by atoms with van der Waals surface area (Å²) in [5, 5.41) is 14.3. The third-order valence-electron chi connectivity index (χ3n) is 3.88. The van der Waals surface area contributed by atoms with Crippen LogP contribution in [-0.2, 0) is 4.74 Å². The molecule has 6 heteroatoms. The summed E-state index contributed by atoms with van der Waals surface area (Å²) in [6.07, 6.45) is 2.04. The molecule has 116 valence electrons. The van der Waals surface area contributed by atoms with Gasteiger partial charge < -0.3 is 14.8 Å². The van der Waals surface area contributed by atoms with Crippen LogP contribution in [0.5, 0.6) is 5.75 Å². The summed E-state index contributed by atoms with van der Waals surface area (Å²) in [5.41, 5.74) is 1.04. The van der Waals surface area contributed by atoms with Gasteiger partial charge in [-0.05, 0) is 31.2 Å². The summed E-state index contributed by atoms with van der Waals surface area (Å²) in [6.45, 7) is 6.86. The molecule has 1 aliphatic heterocycles. The summed E-state index contributed by atoms with van der Waals surface area (Å²) in [7, 11) is 0. The first-order valence-electron chi connectivity index (χ1n) is 7.27. The largest absolute Gasteiger partial charge is 0.487 e. The number of nitrogens with zero attached hydrogens (tertiary/aromatic N) is 1. The van der Waals surface area contributed by atoms with Gasteiger partial charge in [0.05, 0.1) is 11.5 Å². The lowest BCUT2D eigenvalue weighted by Gasteiger charge is -2.33. The van der Waals surface area contributed by atoms with Crippen molar-refractivity contribution in [3.05, 3.63) is 28.3 Å². The Morgan fingerprint density at radius 1 is 1.43 bits per heavy atom. The minimum Gasteiger partial charge on any atom is -0.487 e. The average molecular weight is 294 g/mol. The number of nitro benzene ring substituents is 1. The summed E-state index contributed by atoms with van der Waals surface area (Å²) >= 11 is 0. The lowest BCUT2D eigenvalue weighted by atomic mass is 9.82. The van der Waals surface area contributed by atoms with Crippen molar-refractivity contribution < 1.29 is 14.4 Å². The predicted octanol–water partition coefficient (Wildman–Crippen LogP) is 3.22. The van der Waals surface area contributed by atoms with Crippen molar-refractivity contribution in [1.82, 2.24) is 0 Å². The molecule has 0 aromatic heterocycles. The van der Waals surface area contributed by atoms with E-state index >= 15 is 0 Å². The second kappa shape index (κ2) is 6.76. The van der Waals surface area contributed by atoms with E-state index in [9.17, 15) is 10.1 Å². The molecular weight excluding hydrogens is 272 g/mol. The molecule has 0 unspecified atom stereocenters. The normalized spacial score (nSPS) is 17.2. The number of benzene rings is 1. The molecule has 0 spiro atoms. The van der Waals surface area contributed by atoms with Gasteiger partial charge in [-0.1, -0.05) is 6.92 Å². The highest BCUT2D eigenvalue weighted by Crippen LogP contribution is 2.33. The molecule has 1 N–H and O–H groups in total. The van der Waals surface area contributed by atoms with Gasteiger partial charge in [-0.3, -0.25) is 10.1 Å². The number of nitrogens with one attached hydrogen (secondary N) is 1. The molecule has 0 amide bonds. The summed E-state index contributed by atoms with van der Waals surface area (Å²) in [6, 6.07) is 4.91. The van der Waals surface area contributed by atoms with Gasteiger partial charge in [0.1, 0.15) is 0 Å². The van der Waals surface area contributed by atoms with E-state index in [1.807, 2.05) is 6.92 Å². The first-order valence-corrected chi connectivity index (χ1v) is 7.27. The first kappa shape index (κ1) is 15.6. The SMILES string of the molecule is CCOc1cc(NCC2(C)CCOCC2)ccc1[N+](=O)[O-]. The number of ether oxygens (including phenoxy) is 2. The van der Waals surface area contributed by atoms with Crippen LogP contribution in [0.3, 0.4) is 0 Å². The van der Waals surface area contributed by atoms with Gasteiger partial charge in [-0.2, -0.15) is 0 Å². The third kappa shape index (κ3) is 4.07. The molecule has 1 fully saturated rings. The maximum absolute atomic E-state index is 11.0. The Morgan fingerprint density at radius 3 is 2.76 bits per heavy atom. The molecule has 0 aliphatic carbocycles. The van der Waals surface area contributed by atoms with Crippen molar-refractivity contribution >= 4 is 11.4 Å². The number of hydrogen-bond donors (Lipinski definition) is 1. The molecule has 1 aromatic carbocycles. The predicted molar refractivity (Wildman–Crippen MR) is 80.9 cm³/mol. The topological polar surface area (TPSA) is 73.6 Å². The third-order valence-corrected chi connectivity index (χ3v) is 3.88. The van der Waals surface area contributed by atoms with Gasteiger partial charge in [0.25, 0.3) is 0 Å². The van der Waals surface area contributed by atoms with E-state index in [1.54, 1.807) is 12.1 Å². The Labute approximate surface area is 124 Å². The van der Waals surface area contributed by atoms with E-state index in [1.165, 1.54) is 6.07 Å². The van der Waals surface area contributed by atoms with Crippen LogP contribution in [0.2, 0.25) is 0 Å². The smallest absolute Gasteiger partial charge is 0.311 e. The molecule has 2 rings (SSSR count). The molecule has 0 radical (unpaired) electrons. The Hall–Kier alpha value is -1.82. The summed E-state index contributed by atoms with van der Waals surface area (Å²) in [4.78, 5) is 10.5. The molecule has 1 saturated heterocycles. The second-order valence-corrected chi connectivity index (χ2v) is 5.65. The molecule has 0 atom stereocenters. The maximum Gasteiger partial charge on any atom is 0.311 e. The molecule has 6 nitrogen and oxygen atoms in total. The molecular formula is C15H22N2O4. The number of hydrogen-bond acceptors (Lipinski definition) is 5. The van der Waals surface area contributed by atoms with Crippen molar-refractivity contribution in [2.75, 3.05) is 31.7 Å². The Kier molecular flexibility index (Phi) is 5.01. The van der Waals surface area contributed by atoms with Gasteiger partial charge in [0, 0.05) is 37.6 Å². The van der Waals surface area contributed by atoms with Crippen molar-refractivity contribution in [2.45, 2.75) is 26.7 Å². The Bertz CT molecular complexity index is 498. The van der Waals surface area contributed by atoms with Crippen LogP contribution in [0.4, 0.5) is 11.4 Å².